The fraction of sp³-hybridized carbons (Fsp3) is 0.769. The van der Waals surface area contributed by atoms with Gasteiger partial charge in [0.15, 0.2) is 23.9 Å². The zero-order valence-corrected chi connectivity index (χ0v) is 26.3. The molecule has 29 heteroatoms. The lowest BCUT2D eigenvalue weighted by Crippen LogP contribution is -2.69. The van der Waals surface area contributed by atoms with E-state index in [1.54, 1.807) is 6.07 Å². The van der Waals surface area contributed by atoms with Gasteiger partial charge >= 0.3 is 66.1 Å². The molecule has 0 spiro atoms. The van der Waals surface area contributed by atoms with Gasteiger partial charge in [0.1, 0.15) is 0 Å². The van der Waals surface area contributed by atoms with Gasteiger partial charge in [-0.1, -0.05) is 13.3 Å². The number of benzene rings is 1. The number of halogens is 25. The molecule has 1 aromatic carbocycles. The van der Waals surface area contributed by atoms with Crippen LogP contribution in [0.4, 0.5) is 110 Å². The molecule has 0 aliphatic heterocycles. The molecule has 0 N–H and O–H groups in total. The Morgan fingerprint density at radius 2 is 0.982 bits per heavy atom. The second-order valence-corrected chi connectivity index (χ2v) is 10.8. The molecule has 4 nitrogen and oxygen atoms in total. The summed E-state index contributed by atoms with van der Waals surface area (Å²) in [4.78, 5) is 0. The number of ether oxygens (including phenoxy) is 4. The van der Waals surface area contributed by atoms with Crippen LogP contribution in [-0.2, 0) is 9.47 Å². The van der Waals surface area contributed by atoms with Crippen molar-refractivity contribution in [3.05, 3.63) is 24.0 Å². The molecule has 55 heavy (non-hydrogen) atoms. The van der Waals surface area contributed by atoms with Crippen LogP contribution in [-0.4, -0.2) is 85.5 Å². The highest BCUT2D eigenvalue weighted by atomic mass is 19.4. The van der Waals surface area contributed by atoms with Crippen LogP contribution in [0.25, 0.3) is 0 Å². The van der Waals surface area contributed by atoms with Crippen molar-refractivity contribution in [3.63, 3.8) is 0 Å². The summed E-state index contributed by atoms with van der Waals surface area (Å²) in [7, 11) is 0. The average molecular weight is 871 g/mol. The smallest absolute Gasteiger partial charge is 0.460 e. The Labute approximate surface area is 289 Å². The van der Waals surface area contributed by atoms with Crippen LogP contribution in [0.3, 0.4) is 0 Å². The van der Waals surface area contributed by atoms with Crippen molar-refractivity contribution in [2.24, 2.45) is 0 Å². The number of alkyl halides is 24. The normalized spacial score (nSPS) is 15.7. The van der Waals surface area contributed by atoms with Crippen molar-refractivity contribution >= 4 is 0 Å². The van der Waals surface area contributed by atoms with Gasteiger partial charge in [-0.15, -0.1) is 0 Å². The maximum atomic E-state index is 14.2. The summed E-state index contributed by atoms with van der Waals surface area (Å²) in [5, 5.41) is 0. The van der Waals surface area contributed by atoms with Gasteiger partial charge in [-0.05, 0) is 37.8 Å². The Balaban J connectivity index is 3.32. The molecule has 1 rings (SSSR count). The summed E-state index contributed by atoms with van der Waals surface area (Å²) in [6, 6.07) is 2.83. The fourth-order valence-electron chi connectivity index (χ4n) is 3.49. The second-order valence-electron chi connectivity index (χ2n) is 10.8. The highest BCUT2D eigenvalue weighted by Gasteiger charge is 2.90. The summed E-state index contributed by atoms with van der Waals surface area (Å²) in [6.07, 6.45) is -41.9. The highest BCUT2D eigenvalue weighted by Crippen LogP contribution is 2.60. The van der Waals surface area contributed by atoms with Gasteiger partial charge < -0.3 is 9.47 Å². The van der Waals surface area contributed by atoms with Crippen LogP contribution in [0.2, 0.25) is 0 Å². The number of hydrogen-bond donors (Lipinski definition) is 0. The van der Waals surface area contributed by atoms with E-state index in [4.69, 9.17) is 4.74 Å². The van der Waals surface area contributed by atoms with Crippen molar-refractivity contribution in [1.29, 1.82) is 0 Å². The third kappa shape index (κ3) is 9.76. The highest BCUT2D eigenvalue weighted by molar-refractivity contribution is 5.40. The molecule has 0 saturated heterocycles. The van der Waals surface area contributed by atoms with Gasteiger partial charge in [0, 0.05) is 6.07 Å². The zero-order valence-electron chi connectivity index (χ0n) is 26.3. The first kappa shape index (κ1) is 50.0. The first-order valence-electron chi connectivity index (χ1n) is 14.1. The van der Waals surface area contributed by atoms with Crippen LogP contribution < -0.4 is 9.47 Å². The predicted octanol–water partition coefficient (Wildman–Crippen LogP) is 11.5. The van der Waals surface area contributed by atoms with E-state index in [0.717, 1.165) is 4.74 Å². The molecular formula is C26H20F25O4. The molecule has 1 unspecified atom stereocenters. The van der Waals surface area contributed by atoms with E-state index in [9.17, 15) is 110 Å². The first-order chi connectivity index (χ1) is 24.2. The molecular weight excluding hydrogens is 851 g/mol. The van der Waals surface area contributed by atoms with Gasteiger partial charge in [-0.25, -0.2) is 18.3 Å². The van der Waals surface area contributed by atoms with E-state index in [0.29, 0.717) is 12.1 Å². The molecule has 1 aromatic rings. The predicted molar refractivity (Wildman–Crippen MR) is 128 cm³/mol. The van der Waals surface area contributed by atoms with Crippen molar-refractivity contribution in [1.82, 2.24) is 0 Å². The van der Waals surface area contributed by atoms with E-state index in [2.05, 4.69) is 4.74 Å². The number of rotatable bonds is 22. The van der Waals surface area contributed by atoms with Crippen molar-refractivity contribution in [2.75, 3.05) is 13.2 Å². The Morgan fingerprint density at radius 3 is 1.40 bits per heavy atom. The van der Waals surface area contributed by atoms with E-state index in [-0.39, 0.29) is 32.1 Å². The maximum absolute atomic E-state index is 14.2. The van der Waals surface area contributed by atoms with Gasteiger partial charge in [-0.3, -0.25) is 0 Å². The minimum absolute atomic E-state index is 0.0206. The average Bonchev–Trinajstić information content (AvgIpc) is 2.99. The first-order valence-corrected chi connectivity index (χ1v) is 14.1. The molecule has 1 radical (unpaired) electrons. The number of unbranched alkanes of at least 4 members (excludes halogenated alkanes) is 2. The Kier molecular flexibility index (Phi) is 14.6. The fourth-order valence-corrected chi connectivity index (χ4v) is 3.49. The second kappa shape index (κ2) is 16.1. The lowest BCUT2D eigenvalue weighted by atomic mass is 10.1. The molecule has 0 amide bonds. The Morgan fingerprint density at radius 1 is 0.564 bits per heavy atom. The SMILES string of the molecule is CCC(F)CCCCCOc1cc[c]c(F)c1OCC(F)(F)C(F)(F)C(F)(F)OC(F)(F)C(F)(F)C(F)(F)C(F)(F)OC(F)(F)C(F)(F)C(F)(F)C(F)(F)F. The topological polar surface area (TPSA) is 36.9 Å². The third-order valence-corrected chi connectivity index (χ3v) is 6.71. The Hall–Kier alpha value is -3.01. The maximum Gasteiger partial charge on any atom is 0.460 e. The van der Waals surface area contributed by atoms with Gasteiger partial charge in [0.25, 0.3) is 0 Å². The Bertz CT molecular complexity index is 1410. The lowest BCUT2D eigenvalue weighted by Gasteiger charge is -2.40. The van der Waals surface area contributed by atoms with Crippen LogP contribution in [0.15, 0.2) is 12.1 Å². The summed E-state index contributed by atoms with van der Waals surface area (Å²) in [5.41, 5.74) is 0. The summed E-state index contributed by atoms with van der Waals surface area (Å²) < 4.78 is 348. The minimum atomic E-state index is -8.88. The monoisotopic (exact) mass is 871 g/mol. The minimum Gasteiger partial charge on any atom is -0.490 e. The van der Waals surface area contributed by atoms with E-state index >= 15 is 0 Å². The molecule has 0 fully saturated rings. The van der Waals surface area contributed by atoms with E-state index in [1.165, 1.54) is 11.7 Å². The molecule has 0 bridgehead atoms. The van der Waals surface area contributed by atoms with Crippen molar-refractivity contribution < 1.29 is 129 Å². The van der Waals surface area contributed by atoms with Gasteiger partial charge in [-0.2, -0.15) is 101 Å². The van der Waals surface area contributed by atoms with Crippen molar-refractivity contribution in [3.8, 4) is 11.5 Å². The third-order valence-electron chi connectivity index (χ3n) is 6.71. The molecule has 0 saturated carbocycles. The van der Waals surface area contributed by atoms with Crippen LogP contribution >= 0.6 is 0 Å². The summed E-state index contributed by atoms with van der Waals surface area (Å²) in [6.45, 7) is -2.27. The zero-order chi connectivity index (χ0) is 43.7. The molecule has 0 heterocycles. The molecule has 0 aromatic heterocycles. The lowest BCUT2D eigenvalue weighted by molar-refractivity contribution is -0.543. The quantitative estimate of drug-likeness (QED) is 0.0859. The molecule has 0 aliphatic rings. The largest absolute Gasteiger partial charge is 0.490 e. The standard InChI is InChI=1S/C26H20F25O4/c1-2-12(27)7-4-3-5-10-52-14-9-6-8-13(28)15(14)53-11-16(29,30)17(31,32)23(44,45)54-25(48,49)20(37,38)21(39,40)26(50,51)55-24(46,47)19(35,36)18(33,34)22(41,42)43/h6,9,12H,2-5,7,10-11H2,1H3. The van der Waals surface area contributed by atoms with Crippen LogP contribution in [0.5, 0.6) is 11.5 Å². The molecule has 1 atom stereocenters. The molecule has 323 valence electrons. The van der Waals surface area contributed by atoms with E-state index in [1.807, 2.05) is 0 Å². The van der Waals surface area contributed by atoms with E-state index < -0.39 is 103 Å². The summed E-state index contributed by atoms with van der Waals surface area (Å²) >= 11 is 0. The van der Waals surface area contributed by atoms with Crippen LogP contribution in [0, 0.1) is 11.9 Å². The van der Waals surface area contributed by atoms with Crippen LogP contribution in [0.1, 0.15) is 39.0 Å². The summed E-state index contributed by atoms with van der Waals surface area (Å²) in [5.74, 6) is -53.6. The van der Waals surface area contributed by atoms with Gasteiger partial charge in [0.2, 0.25) is 0 Å². The van der Waals surface area contributed by atoms with Crippen molar-refractivity contribution in [2.45, 2.75) is 111 Å². The van der Waals surface area contributed by atoms with Gasteiger partial charge in [0.05, 0.1) is 12.8 Å². The molecule has 0 aliphatic carbocycles. The number of hydrogen-bond acceptors (Lipinski definition) is 4.